The fraction of sp³-hybridized carbons (Fsp3) is 0.625. The number of aromatic nitrogens is 1. The summed E-state index contributed by atoms with van der Waals surface area (Å²) in [5, 5.41) is 10.2. The summed E-state index contributed by atoms with van der Waals surface area (Å²) < 4.78 is 0. The lowest BCUT2D eigenvalue weighted by Crippen LogP contribution is -2.42. The van der Waals surface area contributed by atoms with Gasteiger partial charge in [0.25, 0.3) is 0 Å². The lowest BCUT2D eigenvalue weighted by atomic mass is 10.2. The Morgan fingerprint density at radius 3 is 2.73 bits per heavy atom. The molecule has 0 unspecified atom stereocenters. The summed E-state index contributed by atoms with van der Waals surface area (Å²) in [5.74, 6) is 1.44. The molecule has 0 aliphatic heterocycles. The molecule has 0 spiro atoms. The van der Waals surface area contributed by atoms with Gasteiger partial charge in [-0.3, -0.25) is 4.99 Å². The van der Waals surface area contributed by atoms with E-state index in [1.807, 2.05) is 0 Å². The van der Waals surface area contributed by atoms with Crippen LogP contribution in [0, 0.1) is 0 Å². The maximum Gasteiger partial charge on any atom is 0.191 e. The Hall–Kier alpha value is -0.630. The van der Waals surface area contributed by atoms with E-state index < -0.39 is 0 Å². The first-order valence-corrected chi connectivity index (χ1v) is 8.71. The monoisotopic (exact) mass is 434 g/mol. The van der Waals surface area contributed by atoms with Crippen LogP contribution in [0.5, 0.6) is 0 Å². The summed E-state index contributed by atoms with van der Waals surface area (Å²) in [6, 6.07) is 0.495. The zero-order valence-electron chi connectivity index (χ0n) is 13.6. The number of nitrogens with zero attached hydrogens (tertiary/aromatic N) is 2. The molecule has 1 heterocycles. The average molecular weight is 434 g/mol. The van der Waals surface area contributed by atoms with Gasteiger partial charge in [-0.05, 0) is 19.8 Å². The minimum absolute atomic E-state index is 0. The van der Waals surface area contributed by atoms with Gasteiger partial charge in [0, 0.05) is 36.9 Å². The molecule has 0 radical (unpaired) electrons. The van der Waals surface area contributed by atoms with Crippen molar-refractivity contribution in [3.63, 3.8) is 0 Å². The third-order valence-electron chi connectivity index (χ3n) is 3.39. The van der Waals surface area contributed by atoms with Gasteiger partial charge in [0.1, 0.15) is 0 Å². The Balaban J connectivity index is 0.00000242. The van der Waals surface area contributed by atoms with Crippen LogP contribution in [0.15, 0.2) is 22.5 Å². The van der Waals surface area contributed by atoms with Crippen molar-refractivity contribution in [1.29, 1.82) is 0 Å². The minimum atomic E-state index is 0. The second-order valence-electron chi connectivity index (χ2n) is 5.63. The van der Waals surface area contributed by atoms with Crippen LogP contribution in [0.3, 0.4) is 0 Å². The lowest BCUT2D eigenvalue weighted by molar-refractivity contribution is 0.633. The molecule has 124 valence electrons. The standard InChI is InChI=1S/C16H26N4S.HI/c1-4-17-16(20-13-7-5-6-8-13)18-10-9-14-11-21-15(19-14)12(2)3;/h5-6,11-13H,4,7-10H2,1-3H3,(H2,17,18,20);1H. The molecule has 2 N–H and O–H groups in total. The number of thiazole rings is 1. The summed E-state index contributed by atoms with van der Waals surface area (Å²) in [4.78, 5) is 9.31. The van der Waals surface area contributed by atoms with Crippen LogP contribution < -0.4 is 10.6 Å². The molecular formula is C16H27IN4S. The highest BCUT2D eigenvalue weighted by Crippen LogP contribution is 2.19. The topological polar surface area (TPSA) is 49.3 Å². The number of aliphatic imine (C=N–C) groups is 1. The number of nitrogens with one attached hydrogen (secondary N) is 2. The third kappa shape index (κ3) is 6.24. The van der Waals surface area contributed by atoms with Crippen molar-refractivity contribution in [2.75, 3.05) is 13.1 Å². The smallest absolute Gasteiger partial charge is 0.191 e. The van der Waals surface area contributed by atoms with Crippen molar-refractivity contribution in [3.8, 4) is 0 Å². The first-order chi connectivity index (χ1) is 10.2. The van der Waals surface area contributed by atoms with Crippen LogP contribution >= 0.6 is 35.3 Å². The molecule has 4 nitrogen and oxygen atoms in total. The van der Waals surface area contributed by atoms with E-state index in [0.29, 0.717) is 12.0 Å². The molecule has 2 rings (SSSR count). The molecule has 1 aromatic heterocycles. The molecule has 6 heteroatoms. The fourth-order valence-corrected chi connectivity index (χ4v) is 3.10. The molecule has 0 aromatic carbocycles. The quantitative estimate of drug-likeness (QED) is 0.311. The number of hydrogen-bond acceptors (Lipinski definition) is 3. The van der Waals surface area contributed by atoms with Crippen molar-refractivity contribution in [2.45, 2.75) is 52.0 Å². The highest BCUT2D eigenvalue weighted by molar-refractivity contribution is 14.0. The Bertz CT molecular complexity index is 488. The van der Waals surface area contributed by atoms with Crippen LogP contribution in [0.4, 0.5) is 0 Å². The first-order valence-electron chi connectivity index (χ1n) is 7.83. The van der Waals surface area contributed by atoms with Gasteiger partial charge >= 0.3 is 0 Å². The van der Waals surface area contributed by atoms with Crippen molar-refractivity contribution in [1.82, 2.24) is 15.6 Å². The predicted octanol–water partition coefficient (Wildman–Crippen LogP) is 3.70. The van der Waals surface area contributed by atoms with Crippen molar-refractivity contribution < 1.29 is 0 Å². The summed E-state index contributed by atoms with van der Waals surface area (Å²) in [7, 11) is 0. The zero-order valence-corrected chi connectivity index (χ0v) is 16.8. The van der Waals surface area contributed by atoms with E-state index in [1.54, 1.807) is 11.3 Å². The van der Waals surface area contributed by atoms with Crippen LogP contribution in [0.2, 0.25) is 0 Å². The first kappa shape index (κ1) is 19.4. The van der Waals surface area contributed by atoms with Crippen molar-refractivity contribution >= 4 is 41.3 Å². The van der Waals surface area contributed by atoms with Crippen LogP contribution in [0.1, 0.15) is 50.2 Å². The SMILES string of the molecule is CCNC(=NCCc1csc(C(C)C)n1)NC1CC=CC1.I. The van der Waals surface area contributed by atoms with Crippen LogP contribution in [-0.2, 0) is 6.42 Å². The third-order valence-corrected chi connectivity index (χ3v) is 4.59. The molecular weight excluding hydrogens is 407 g/mol. The summed E-state index contributed by atoms with van der Waals surface area (Å²) >= 11 is 1.75. The van der Waals surface area contributed by atoms with Gasteiger partial charge in [-0.2, -0.15) is 0 Å². The summed E-state index contributed by atoms with van der Waals surface area (Å²) in [6.07, 6.45) is 7.54. The van der Waals surface area contributed by atoms with Crippen LogP contribution in [-0.4, -0.2) is 30.1 Å². The van der Waals surface area contributed by atoms with E-state index in [1.165, 1.54) is 5.01 Å². The Kier molecular flexibility index (Phi) is 9.00. The van der Waals surface area contributed by atoms with Gasteiger partial charge in [-0.15, -0.1) is 35.3 Å². The summed E-state index contributed by atoms with van der Waals surface area (Å²) in [6.45, 7) is 8.13. The van der Waals surface area contributed by atoms with Gasteiger partial charge in [-0.25, -0.2) is 4.98 Å². The predicted molar refractivity (Wildman–Crippen MR) is 107 cm³/mol. The zero-order chi connectivity index (χ0) is 15.1. The molecule has 0 fully saturated rings. The molecule has 0 bridgehead atoms. The van der Waals surface area contributed by atoms with Gasteiger partial charge in [0.05, 0.1) is 10.7 Å². The van der Waals surface area contributed by atoms with Crippen molar-refractivity contribution in [3.05, 3.63) is 28.2 Å². The Morgan fingerprint density at radius 2 is 2.14 bits per heavy atom. The van der Waals surface area contributed by atoms with E-state index in [4.69, 9.17) is 0 Å². The highest BCUT2D eigenvalue weighted by Gasteiger charge is 2.11. The largest absolute Gasteiger partial charge is 0.357 e. The van der Waals surface area contributed by atoms with Gasteiger partial charge < -0.3 is 10.6 Å². The van der Waals surface area contributed by atoms with Crippen LogP contribution in [0.25, 0.3) is 0 Å². The Morgan fingerprint density at radius 1 is 1.41 bits per heavy atom. The van der Waals surface area contributed by atoms with E-state index in [9.17, 15) is 0 Å². The van der Waals surface area contributed by atoms with Gasteiger partial charge in [-0.1, -0.05) is 26.0 Å². The maximum absolute atomic E-state index is 4.66. The number of hydrogen-bond donors (Lipinski definition) is 2. The van der Waals surface area contributed by atoms with Gasteiger partial charge in [0.15, 0.2) is 5.96 Å². The fourth-order valence-electron chi connectivity index (χ4n) is 2.23. The second-order valence-corrected chi connectivity index (χ2v) is 6.52. The second kappa shape index (κ2) is 10.2. The molecule has 0 saturated carbocycles. The van der Waals surface area contributed by atoms with E-state index in [2.05, 4.69) is 58.9 Å². The average Bonchev–Trinajstić information content (AvgIpc) is 3.10. The number of guanidine groups is 1. The normalized spacial score (nSPS) is 15.2. The highest BCUT2D eigenvalue weighted by atomic mass is 127. The molecule has 1 aliphatic carbocycles. The minimum Gasteiger partial charge on any atom is -0.357 e. The van der Waals surface area contributed by atoms with E-state index in [-0.39, 0.29) is 24.0 Å². The molecule has 0 amide bonds. The molecule has 1 aromatic rings. The lowest BCUT2D eigenvalue weighted by Gasteiger charge is -2.16. The van der Waals surface area contributed by atoms with E-state index in [0.717, 1.165) is 44.0 Å². The molecule has 22 heavy (non-hydrogen) atoms. The molecule has 0 atom stereocenters. The van der Waals surface area contributed by atoms with E-state index >= 15 is 0 Å². The maximum atomic E-state index is 4.66. The van der Waals surface area contributed by atoms with Gasteiger partial charge in [0.2, 0.25) is 0 Å². The number of halogens is 1. The molecule has 0 saturated heterocycles. The van der Waals surface area contributed by atoms with Crippen molar-refractivity contribution in [2.24, 2.45) is 4.99 Å². The summed E-state index contributed by atoms with van der Waals surface area (Å²) in [5.41, 5.74) is 1.16. The Labute approximate surface area is 154 Å². The molecule has 1 aliphatic rings. The number of rotatable bonds is 6.